The largest absolute Gasteiger partial charge is 0.390 e. The second-order valence-corrected chi connectivity index (χ2v) is 5.44. The van der Waals surface area contributed by atoms with Gasteiger partial charge in [-0.15, -0.1) is 0 Å². The lowest BCUT2D eigenvalue weighted by molar-refractivity contribution is -0.112. The normalized spacial score (nSPS) is 15.7. The third-order valence-electron chi connectivity index (χ3n) is 3.04. The first-order chi connectivity index (χ1) is 6.61. The molecule has 0 aromatic heterocycles. The number of aliphatic hydroxyl groups is 1. The Morgan fingerprint density at radius 3 is 2.07 bits per heavy atom. The van der Waals surface area contributed by atoms with Crippen LogP contribution in [0.25, 0.3) is 0 Å². The predicted octanol–water partition coefficient (Wildman–Crippen LogP) is 2.95. The van der Waals surface area contributed by atoms with Gasteiger partial charge in [-0.1, -0.05) is 33.3 Å². The molecular weight excluding hydrogens is 188 g/mol. The molecule has 0 aliphatic rings. The standard InChI is InChI=1S/C13H24O2/c1-7-12(3,4)11(13(5,6)15)9-8-10(2)14/h8-9,11,15H,7H2,1-6H3/b9-8+. The van der Waals surface area contributed by atoms with Gasteiger partial charge in [0.15, 0.2) is 5.78 Å². The zero-order chi connectivity index (χ0) is 12.3. The third kappa shape index (κ3) is 4.61. The van der Waals surface area contributed by atoms with E-state index in [1.165, 1.54) is 6.92 Å². The van der Waals surface area contributed by atoms with Gasteiger partial charge < -0.3 is 5.11 Å². The van der Waals surface area contributed by atoms with Crippen molar-refractivity contribution in [3.05, 3.63) is 12.2 Å². The van der Waals surface area contributed by atoms with Crippen LogP contribution in [-0.4, -0.2) is 16.5 Å². The van der Waals surface area contributed by atoms with Crippen LogP contribution >= 0.6 is 0 Å². The minimum atomic E-state index is -0.800. The van der Waals surface area contributed by atoms with Gasteiger partial charge in [-0.3, -0.25) is 4.79 Å². The quantitative estimate of drug-likeness (QED) is 0.711. The lowest BCUT2D eigenvalue weighted by Crippen LogP contribution is -2.39. The Morgan fingerprint density at radius 2 is 1.80 bits per heavy atom. The summed E-state index contributed by atoms with van der Waals surface area (Å²) < 4.78 is 0. The van der Waals surface area contributed by atoms with E-state index in [9.17, 15) is 9.90 Å². The van der Waals surface area contributed by atoms with Gasteiger partial charge in [0, 0.05) is 5.92 Å². The van der Waals surface area contributed by atoms with Gasteiger partial charge in [0.25, 0.3) is 0 Å². The molecular formula is C13H24O2. The average molecular weight is 212 g/mol. The number of ketones is 1. The molecule has 1 unspecified atom stereocenters. The number of carbonyl (C=O) groups excluding carboxylic acids is 1. The summed E-state index contributed by atoms with van der Waals surface area (Å²) >= 11 is 0. The molecule has 0 saturated carbocycles. The van der Waals surface area contributed by atoms with E-state index in [1.54, 1.807) is 19.9 Å². The van der Waals surface area contributed by atoms with E-state index in [-0.39, 0.29) is 17.1 Å². The van der Waals surface area contributed by atoms with E-state index >= 15 is 0 Å². The predicted molar refractivity (Wildman–Crippen MR) is 63.7 cm³/mol. The van der Waals surface area contributed by atoms with Crippen molar-refractivity contribution in [3.8, 4) is 0 Å². The molecule has 0 radical (unpaired) electrons. The molecule has 1 atom stereocenters. The Balaban J connectivity index is 5.00. The molecule has 0 saturated heterocycles. The first-order valence-electron chi connectivity index (χ1n) is 5.52. The van der Waals surface area contributed by atoms with Gasteiger partial charge in [-0.25, -0.2) is 0 Å². The lowest BCUT2D eigenvalue weighted by Gasteiger charge is -2.39. The maximum absolute atomic E-state index is 10.9. The maximum Gasteiger partial charge on any atom is 0.152 e. The van der Waals surface area contributed by atoms with Crippen LogP contribution in [0.5, 0.6) is 0 Å². The van der Waals surface area contributed by atoms with Crippen molar-refractivity contribution in [2.24, 2.45) is 11.3 Å². The molecule has 0 bridgehead atoms. The molecule has 0 aromatic rings. The lowest BCUT2D eigenvalue weighted by atomic mass is 9.69. The topological polar surface area (TPSA) is 37.3 Å². The summed E-state index contributed by atoms with van der Waals surface area (Å²) in [5.74, 6) is 0.00931. The van der Waals surface area contributed by atoms with Crippen LogP contribution in [0.2, 0.25) is 0 Å². The fraction of sp³-hybridized carbons (Fsp3) is 0.769. The second kappa shape index (κ2) is 4.93. The molecule has 0 aliphatic heterocycles. The zero-order valence-corrected chi connectivity index (χ0v) is 10.8. The van der Waals surface area contributed by atoms with E-state index in [0.717, 1.165) is 6.42 Å². The highest BCUT2D eigenvalue weighted by Crippen LogP contribution is 2.38. The zero-order valence-electron chi connectivity index (χ0n) is 10.8. The highest BCUT2D eigenvalue weighted by Gasteiger charge is 2.36. The molecule has 2 heteroatoms. The van der Waals surface area contributed by atoms with Gasteiger partial charge in [0.1, 0.15) is 0 Å². The van der Waals surface area contributed by atoms with Gasteiger partial charge in [0.2, 0.25) is 0 Å². The van der Waals surface area contributed by atoms with Crippen molar-refractivity contribution >= 4 is 5.78 Å². The fourth-order valence-electron chi connectivity index (χ4n) is 1.90. The number of allylic oxidation sites excluding steroid dienone is 1. The van der Waals surface area contributed by atoms with Crippen LogP contribution in [0.4, 0.5) is 0 Å². The van der Waals surface area contributed by atoms with Gasteiger partial charge in [-0.05, 0) is 32.3 Å². The van der Waals surface area contributed by atoms with E-state index in [4.69, 9.17) is 0 Å². The average Bonchev–Trinajstić information content (AvgIpc) is 2.01. The Labute approximate surface area is 93.4 Å². The third-order valence-corrected chi connectivity index (χ3v) is 3.04. The van der Waals surface area contributed by atoms with Crippen LogP contribution in [0, 0.1) is 11.3 Å². The summed E-state index contributed by atoms with van der Waals surface area (Å²) in [6.07, 6.45) is 4.36. The molecule has 0 aromatic carbocycles. The van der Waals surface area contributed by atoms with Crippen molar-refractivity contribution < 1.29 is 9.90 Å². The highest BCUT2D eigenvalue weighted by atomic mass is 16.3. The van der Waals surface area contributed by atoms with E-state index in [1.807, 2.05) is 6.08 Å². The molecule has 1 N–H and O–H groups in total. The monoisotopic (exact) mass is 212 g/mol. The summed E-state index contributed by atoms with van der Waals surface area (Å²) in [4.78, 5) is 10.9. The first-order valence-corrected chi connectivity index (χ1v) is 5.52. The molecule has 2 nitrogen and oxygen atoms in total. The molecule has 0 fully saturated rings. The molecule has 0 rings (SSSR count). The number of rotatable bonds is 5. The Hall–Kier alpha value is -0.630. The van der Waals surface area contributed by atoms with Gasteiger partial charge in [0.05, 0.1) is 5.60 Å². The fourth-order valence-corrected chi connectivity index (χ4v) is 1.90. The molecule has 15 heavy (non-hydrogen) atoms. The summed E-state index contributed by atoms with van der Waals surface area (Å²) in [5.41, 5.74) is -0.810. The van der Waals surface area contributed by atoms with Crippen molar-refractivity contribution in [3.63, 3.8) is 0 Å². The SMILES string of the molecule is CCC(C)(C)C(/C=C/C(C)=O)C(C)(C)O. The second-order valence-electron chi connectivity index (χ2n) is 5.44. The van der Waals surface area contributed by atoms with Crippen LogP contribution < -0.4 is 0 Å². The minimum Gasteiger partial charge on any atom is -0.390 e. The molecule has 0 aliphatic carbocycles. The highest BCUT2D eigenvalue weighted by molar-refractivity contribution is 5.87. The van der Waals surface area contributed by atoms with Gasteiger partial charge >= 0.3 is 0 Å². The van der Waals surface area contributed by atoms with Gasteiger partial charge in [-0.2, -0.15) is 0 Å². The number of hydrogen-bond donors (Lipinski definition) is 1. The number of carbonyl (C=O) groups is 1. The van der Waals surface area contributed by atoms with Crippen LogP contribution in [-0.2, 0) is 4.79 Å². The van der Waals surface area contributed by atoms with Crippen molar-refractivity contribution in [2.45, 2.75) is 53.6 Å². The summed E-state index contributed by atoms with van der Waals surface area (Å²) in [5, 5.41) is 10.1. The van der Waals surface area contributed by atoms with E-state index in [0.29, 0.717) is 0 Å². The van der Waals surface area contributed by atoms with Crippen LogP contribution in [0.3, 0.4) is 0 Å². The summed E-state index contributed by atoms with van der Waals surface area (Å²) in [6, 6.07) is 0. The van der Waals surface area contributed by atoms with Crippen molar-refractivity contribution in [1.29, 1.82) is 0 Å². The smallest absolute Gasteiger partial charge is 0.152 e. The van der Waals surface area contributed by atoms with E-state index < -0.39 is 5.60 Å². The Kier molecular flexibility index (Phi) is 4.72. The van der Waals surface area contributed by atoms with Crippen LogP contribution in [0.1, 0.15) is 48.0 Å². The Bertz CT molecular complexity index is 244. The van der Waals surface area contributed by atoms with Crippen molar-refractivity contribution in [1.82, 2.24) is 0 Å². The van der Waals surface area contributed by atoms with E-state index in [2.05, 4.69) is 20.8 Å². The molecule has 0 heterocycles. The molecule has 0 spiro atoms. The minimum absolute atomic E-state index is 0.00972. The van der Waals surface area contributed by atoms with Crippen molar-refractivity contribution in [2.75, 3.05) is 0 Å². The van der Waals surface area contributed by atoms with Crippen LogP contribution in [0.15, 0.2) is 12.2 Å². The summed E-state index contributed by atoms with van der Waals surface area (Å²) in [7, 11) is 0. The molecule has 88 valence electrons. The Morgan fingerprint density at radius 1 is 1.33 bits per heavy atom. The maximum atomic E-state index is 10.9. The number of hydrogen-bond acceptors (Lipinski definition) is 2. The summed E-state index contributed by atoms with van der Waals surface area (Å²) in [6.45, 7) is 11.4. The first kappa shape index (κ1) is 14.4. The molecule has 0 amide bonds.